The zero-order chi connectivity index (χ0) is 11.4. The van der Waals surface area contributed by atoms with Crippen LogP contribution in [0.2, 0.25) is 0 Å². The predicted octanol–water partition coefficient (Wildman–Crippen LogP) is -0.608. The summed E-state index contributed by atoms with van der Waals surface area (Å²) in [6.07, 6.45) is 4.38. The van der Waals surface area contributed by atoms with E-state index in [1.807, 2.05) is 0 Å². The lowest BCUT2D eigenvalue weighted by Gasteiger charge is -2.19. The molecule has 2 rings (SSSR count). The largest absolute Gasteiger partial charge is 0.352 e. The van der Waals surface area contributed by atoms with Gasteiger partial charge in [0.15, 0.2) is 0 Å². The minimum atomic E-state index is -0.00935. The minimum absolute atomic E-state index is 0.00935. The molecule has 16 heavy (non-hydrogen) atoms. The second-order valence-electron chi connectivity index (χ2n) is 4.21. The Bertz CT molecular complexity index is 331. The highest BCUT2D eigenvalue weighted by Gasteiger charge is 2.22. The number of hydrogen-bond acceptors (Lipinski definition) is 4. The predicted molar refractivity (Wildman–Crippen MR) is 58.6 cm³/mol. The maximum Gasteiger partial charge on any atom is 0.242 e. The van der Waals surface area contributed by atoms with Crippen LogP contribution in [-0.2, 0) is 11.3 Å². The van der Waals surface area contributed by atoms with Crippen LogP contribution >= 0.6 is 0 Å². The van der Waals surface area contributed by atoms with Gasteiger partial charge in [-0.05, 0) is 32.4 Å². The van der Waals surface area contributed by atoms with Crippen molar-refractivity contribution in [2.75, 3.05) is 13.1 Å². The van der Waals surface area contributed by atoms with E-state index >= 15 is 0 Å². The van der Waals surface area contributed by atoms with Gasteiger partial charge in [-0.2, -0.15) is 0 Å². The average molecular weight is 223 g/mol. The molecule has 88 valence electrons. The van der Waals surface area contributed by atoms with Crippen LogP contribution in [-0.4, -0.2) is 40.0 Å². The first-order valence-electron chi connectivity index (χ1n) is 5.60. The summed E-state index contributed by atoms with van der Waals surface area (Å²) in [6, 6.07) is 0.214. The number of carbonyl (C=O) groups excluding carboxylic acids is 1. The Hall–Kier alpha value is -1.43. The van der Waals surface area contributed by atoms with E-state index in [9.17, 15) is 4.79 Å². The summed E-state index contributed by atoms with van der Waals surface area (Å²) in [5, 5.41) is 13.7. The Morgan fingerprint density at radius 3 is 3.25 bits per heavy atom. The van der Waals surface area contributed by atoms with Crippen LogP contribution in [0.4, 0.5) is 0 Å². The zero-order valence-corrected chi connectivity index (χ0v) is 9.39. The average Bonchev–Trinajstić information content (AvgIpc) is 2.88. The molecule has 1 amide bonds. The Balaban J connectivity index is 1.78. The lowest BCUT2D eigenvalue weighted by Crippen LogP contribution is -2.40. The van der Waals surface area contributed by atoms with Crippen LogP contribution in [0.15, 0.2) is 12.4 Å². The van der Waals surface area contributed by atoms with E-state index in [-0.39, 0.29) is 18.5 Å². The van der Waals surface area contributed by atoms with E-state index in [2.05, 4.69) is 27.9 Å². The van der Waals surface area contributed by atoms with E-state index < -0.39 is 0 Å². The fraction of sp³-hybridized carbons (Fsp3) is 0.700. The van der Waals surface area contributed by atoms with E-state index in [0.29, 0.717) is 5.92 Å². The molecule has 1 aliphatic heterocycles. The number of nitrogens with one attached hydrogen (secondary N) is 2. The van der Waals surface area contributed by atoms with Gasteiger partial charge in [0.1, 0.15) is 6.54 Å². The van der Waals surface area contributed by atoms with Crippen molar-refractivity contribution in [3.63, 3.8) is 0 Å². The molecular formula is C10H17N5O. The Morgan fingerprint density at radius 1 is 1.75 bits per heavy atom. The van der Waals surface area contributed by atoms with Gasteiger partial charge in [0.2, 0.25) is 5.91 Å². The summed E-state index contributed by atoms with van der Waals surface area (Å²) >= 11 is 0. The molecule has 6 heteroatoms. The van der Waals surface area contributed by atoms with Crippen molar-refractivity contribution in [3.8, 4) is 0 Å². The molecule has 0 spiro atoms. The molecule has 1 aromatic rings. The molecular weight excluding hydrogens is 206 g/mol. The third-order valence-corrected chi connectivity index (χ3v) is 2.97. The first-order valence-corrected chi connectivity index (χ1v) is 5.60. The summed E-state index contributed by atoms with van der Waals surface area (Å²) in [5.74, 6) is 0.532. The van der Waals surface area contributed by atoms with E-state index in [0.717, 1.165) is 19.5 Å². The third kappa shape index (κ3) is 2.79. The minimum Gasteiger partial charge on any atom is -0.352 e. The van der Waals surface area contributed by atoms with Crippen molar-refractivity contribution in [1.82, 2.24) is 25.6 Å². The van der Waals surface area contributed by atoms with Gasteiger partial charge in [0.05, 0.1) is 6.20 Å². The number of carbonyl (C=O) groups is 1. The van der Waals surface area contributed by atoms with Gasteiger partial charge in [-0.1, -0.05) is 5.21 Å². The quantitative estimate of drug-likeness (QED) is 0.714. The molecule has 2 atom stereocenters. The van der Waals surface area contributed by atoms with Crippen molar-refractivity contribution < 1.29 is 4.79 Å². The van der Waals surface area contributed by atoms with E-state index in [1.165, 1.54) is 4.68 Å². The molecule has 0 radical (unpaired) electrons. The molecule has 2 unspecified atom stereocenters. The van der Waals surface area contributed by atoms with Crippen LogP contribution in [0.1, 0.15) is 13.3 Å². The molecule has 1 aromatic heterocycles. The van der Waals surface area contributed by atoms with Crippen LogP contribution in [0.25, 0.3) is 0 Å². The Morgan fingerprint density at radius 2 is 2.62 bits per heavy atom. The van der Waals surface area contributed by atoms with Crippen molar-refractivity contribution >= 4 is 5.91 Å². The van der Waals surface area contributed by atoms with Gasteiger partial charge in [0, 0.05) is 12.2 Å². The molecule has 6 nitrogen and oxygen atoms in total. The zero-order valence-electron chi connectivity index (χ0n) is 9.39. The van der Waals surface area contributed by atoms with Crippen molar-refractivity contribution in [2.24, 2.45) is 5.92 Å². The maximum absolute atomic E-state index is 11.7. The molecule has 0 saturated carbocycles. The van der Waals surface area contributed by atoms with E-state index in [4.69, 9.17) is 0 Å². The highest BCUT2D eigenvalue weighted by Crippen LogP contribution is 2.11. The lowest BCUT2D eigenvalue weighted by atomic mass is 10.0. The van der Waals surface area contributed by atoms with Gasteiger partial charge in [-0.3, -0.25) is 4.79 Å². The van der Waals surface area contributed by atoms with Crippen LogP contribution in [0.3, 0.4) is 0 Å². The normalized spacial score (nSPS) is 21.9. The second kappa shape index (κ2) is 5.07. The first-order chi connectivity index (χ1) is 7.75. The van der Waals surface area contributed by atoms with Crippen molar-refractivity contribution in [3.05, 3.63) is 12.4 Å². The molecule has 0 aromatic carbocycles. The summed E-state index contributed by atoms with van der Waals surface area (Å²) in [6.45, 7) is 4.33. The number of nitrogens with zero attached hydrogens (tertiary/aromatic N) is 3. The fourth-order valence-electron chi connectivity index (χ4n) is 1.99. The Labute approximate surface area is 94.4 Å². The Kier molecular flexibility index (Phi) is 3.51. The number of rotatable bonds is 4. The lowest BCUT2D eigenvalue weighted by molar-refractivity contribution is -0.122. The maximum atomic E-state index is 11.7. The number of amides is 1. The first kappa shape index (κ1) is 11.1. The van der Waals surface area contributed by atoms with Crippen molar-refractivity contribution in [1.29, 1.82) is 0 Å². The van der Waals surface area contributed by atoms with Gasteiger partial charge in [-0.25, -0.2) is 4.68 Å². The van der Waals surface area contributed by atoms with Gasteiger partial charge in [-0.15, -0.1) is 5.10 Å². The highest BCUT2D eigenvalue weighted by atomic mass is 16.2. The summed E-state index contributed by atoms with van der Waals surface area (Å²) in [5.41, 5.74) is 0. The van der Waals surface area contributed by atoms with Crippen molar-refractivity contribution in [2.45, 2.75) is 25.9 Å². The summed E-state index contributed by atoms with van der Waals surface area (Å²) in [4.78, 5) is 11.7. The number of hydrogen-bond donors (Lipinski definition) is 2. The van der Waals surface area contributed by atoms with Gasteiger partial charge in [0.25, 0.3) is 0 Å². The van der Waals surface area contributed by atoms with Gasteiger partial charge < -0.3 is 10.6 Å². The molecule has 2 heterocycles. The molecule has 1 fully saturated rings. The topological polar surface area (TPSA) is 71.8 Å². The third-order valence-electron chi connectivity index (χ3n) is 2.97. The second-order valence-corrected chi connectivity index (χ2v) is 4.21. The highest BCUT2D eigenvalue weighted by molar-refractivity contribution is 5.75. The monoisotopic (exact) mass is 223 g/mol. The molecule has 1 saturated heterocycles. The fourth-order valence-corrected chi connectivity index (χ4v) is 1.99. The molecule has 0 aliphatic carbocycles. The van der Waals surface area contributed by atoms with Gasteiger partial charge >= 0.3 is 0 Å². The summed E-state index contributed by atoms with van der Waals surface area (Å²) < 4.78 is 1.52. The van der Waals surface area contributed by atoms with Crippen LogP contribution in [0, 0.1) is 5.92 Å². The standard InChI is InChI=1S/C10H17N5O/c1-8(9-2-3-11-6-9)13-10(16)7-15-5-4-12-14-15/h4-5,8-9,11H,2-3,6-7H2,1H3,(H,13,16). The smallest absolute Gasteiger partial charge is 0.242 e. The molecule has 1 aliphatic rings. The van der Waals surface area contributed by atoms with E-state index in [1.54, 1.807) is 12.4 Å². The molecule has 2 N–H and O–H groups in total. The SMILES string of the molecule is CC(NC(=O)Cn1ccnn1)C1CCNC1. The number of aromatic nitrogens is 3. The van der Waals surface area contributed by atoms with Crippen LogP contribution in [0.5, 0.6) is 0 Å². The summed E-state index contributed by atoms with van der Waals surface area (Å²) in [7, 11) is 0. The molecule has 0 bridgehead atoms. The van der Waals surface area contributed by atoms with Crippen LogP contribution < -0.4 is 10.6 Å².